The summed E-state index contributed by atoms with van der Waals surface area (Å²) in [5, 5.41) is 8.64. The summed E-state index contributed by atoms with van der Waals surface area (Å²) in [6.45, 7) is 18.8. The van der Waals surface area contributed by atoms with E-state index in [1.807, 2.05) is 61.9 Å². The number of aryl methyl sites for hydroxylation is 4. The van der Waals surface area contributed by atoms with Crippen LogP contribution in [0.1, 0.15) is 106 Å². The fourth-order valence-corrected chi connectivity index (χ4v) is 5.28. The number of aliphatic carboxylic acids is 1. The average molecular weight is 704 g/mol. The van der Waals surface area contributed by atoms with Crippen LogP contribution in [-0.2, 0) is 33.8 Å². The summed E-state index contributed by atoms with van der Waals surface area (Å²) >= 11 is 0. The minimum Gasteiger partial charge on any atom is -0.481 e. The smallest absolute Gasteiger partial charge is 0.306 e. The molecule has 3 atom stereocenters. The molecule has 0 aliphatic heterocycles. The Kier molecular flexibility index (Phi) is 22.7. The van der Waals surface area contributed by atoms with E-state index >= 15 is 0 Å². The number of carbonyl (C=O) groups is 3. The van der Waals surface area contributed by atoms with Gasteiger partial charge in [-0.2, -0.15) is 0 Å². The van der Waals surface area contributed by atoms with Gasteiger partial charge in [0.2, 0.25) is 5.91 Å². The van der Waals surface area contributed by atoms with Crippen molar-refractivity contribution in [1.82, 2.24) is 20.4 Å². The van der Waals surface area contributed by atoms with Gasteiger partial charge in [0.15, 0.2) is 5.78 Å². The number of carbonyl (C=O) groups excluding carboxylic acids is 2. The van der Waals surface area contributed by atoms with Crippen LogP contribution in [0.15, 0.2) is 74.3 Å². The van der Waals surface area contributed by atoms with Gasteiger partial charge in [-0.3, -0.25) is 14.4 Å². The fraction of sp³-hybridized carbons (Fsp3) is 0.524. The van der Waals surface area contributed by atoms with E-state index in [4.69, 9.17) is 10.8 Å². The van der Waals surface area contributed by atoms with Crippen molar-refractivity contribution in [3.05, 3.63) is 102 Å². The van der Waals surface area contributed by atoms with Crippen LogP contribution in [-0.4, -0.2) is 44.4 Å². The van der Waals surface area contributed by atoms with E-state index in [0.29, 0.717) is 25.7 Å². The van der Waals surface area contributed by atoms with E-state index < -0.39 is 17.9 Å². The van der Waals surface area contributed by atoms with Crippen LogP contribution in [0.4, 0.5) is 0 Å². The van der Waals surface area contributed by atoms with Gasteiger partial charge in [0.1, 0.15) is 6.04 Å². The molecule has 5 N–H and O–H groups in total. The van der Waals surface area contributed by atoms with Crippen LogP contribution < -0.4 is 16.6 Å². The third kappa shape index (κ3) is 19.8. The van der Waals surface area contributed by atoms with Crippen molar-refractivity contribution in [1.29, 1.82) is 0 Å². The lowest BCUT2D eigenvalue weighted by atomic mass is 9.88. The summed E-state index contributed by atoms with van der Waals surface area (Å²) in [6, 6.07) is 12.9. The molecule has 2 aliphatic rings. The highest BCUT2D eigenvalue weighted by molar-refractivity contribution is 5.84. The Morgan fingerprint density at radius 2 is 1.53 bits per heavy atom. The first-order chi connectivity index (χ1) is 24.4. The zero-order valence-corrected chi connectivity index (χ0v) is 32.1. The molecule has 1 amide bonds. The summed E-state index contributed by atoms with van der Waals surface area (Å²) < 4.78 is 1.98. The number of hydrazine groups is 1. The number of carboxylic acid groups (broad SMARTS) is 1. The van der Waals surface area contributed by atoms with Crippen LogP contribution >= 0.6 is 0 Å². The molecule has 2 aromatic carbocycles. The first-order valence-electron chi connectivity index (χ1n) is 18.5. The van der Waals surface area contributed by atoms with Crippen molar-refractivity contribution in [3.63, 3.8) is 0 Å². The number of aromatic nitrogens is 2. The minimum absolute atomic E-state index is 0.106. The quantitative estimate of drug-likeness (QED) is 0.0934. The van der Waals surface area contributed by atoms with Crippen LogP contribution in [0.2, 0.25) is 0 Å². The topological polar surface area (TPSA) is 139 Å². The fourth-order valence-electron chi connectivity index (χ4n) is 5.28. The van der Waals surface area contributed by atoms with Gasteiger partial charge in [-0.1, -0.05) is 107 Å². The van der Waals surface area contributed by atoms with Crippen molar-refractivity contribution in [2.24, 2.45) is 17.6 Å². The average Bonchev–Trinajstić information content (AvgIpc) is 3.90. The van der Waals surface area contributed by atoms with E-state index in [1.165, 1.54) is 44.1 Å². The first kappa shape index (κ1) is 44.9. The first-order valence-corrected chi connectivity index (χ1v) is 18.5. The predicted molar refractivity (Wildman–Crippen MR) is 209 cm³/mol. The molecule has 3 aromatic rings. The zero-order chi connectivity index (χ0) is 38.2. The Balaban J connectivity index is 0.000000475. The van der Waals surface area contributed by atoms with E-state index in [2.05, 4.69) is 55.0 Å². The molecule has 1 aromatic heterocycles. The highest BCUT2D eigenvalue weighted by Gasteiger charge is 2.22. The number of primary amides is 1. The minimum atomic E-state index is -0.737. The van der Waals surface area contributed by atoms with Gasteiger partial charge >= 0.3 is 5.97 Å². The maximum atomic E-state index is 12.4. The number of carboxylic acids is 1. The Bertz CT molecular complexity index is 1380. The van der Waals surface area contributed by atoms with E-state index in [1.54, 1.807) is 19.4 Å². The van der Waals surface area contributed by atoms with Crippen LogP contribution in [0.25, 0.3) is 0 Å². The van der Waals surface area contributed by atoms with Crippen LogP contribution in [0.5, 0.6) is 0 Å². The Morgan fingerprint density at radius 1 is 0.961 bits per heavy atom. The number of Topliss-reactive ketones (excluding diaryl/α,β-unsaturated/α-hetero) is 1. The van der Waals surface area contributed by atoms with Crippen molar-refractivity contribution in [2.45, 2.75) is 131 Å². The van der Waals surface area contributed by atoms with Gasteiger partial charge < -0.3 is 15.4 Å². The molecule has 0 bridgehead atoms. The molecule has 1 unspecified atom stereocenters. The summed E-state index contributed by atoms with van der Waals surface area (Å²) in [4.78, 5) is 38.9. The lowest BCUT2D eigenvalue weighted by molar-refractivity contribution is -0.141. The number of nitrogens with one attached hydrogen (secondary N) is 2. The maximum absolute atomic E-state index is 12.4. The van der Waals surface area contributed by atoms with Gasteiger partial charge in [0.25, 0.3) is 0 Å². The van der Waals surface area contributed by atoms with Crippen LogP contribution in [0.3, 0.4) is 0 Å². The number of rotatable bonds is 15. The molecule has 9 heteroatoms. The second-order valence-corrected chi connectivity index (χ2v) is 13.7. The molecular formula is C42H65N5O4. The van der Waals surface area contributed by atoms with Crippen molar-refractivity contribution < 1.29 is 19.5 Å². The summed E-state index contributed by atoms with van der Waals surface area (Å²) in [7, 11) is 0. The molecule has 282 valence electrons. The lowest BCUT2D eigenvalue weighted by Gasteiger charge is -2.23. The summed E-state index contributed by atoms with van der Waals surface area (Å²) in [6.07, 6.45) is 17.3. The molecule has 0 spiro atoms. The Hall–Kier alpha value is -4.08. The Labute approximate surface area is 307 Å². The normalized spacial score (nSPS) is 14.5. The summed E-state index contributed by atoms with van der Waals surface area (Å²) in [5.41, 5.74) is 17.4. The standard InChI is InChI=1S/C22H33N5O2.C10H12O2.C5H10.C3H6.C2H4/c1-5-21(28)19(7-6-9-27-10-8-24-14-27)25-26-20(22(23)29)13-18-16(3)11-15(2)12-17(18)4;1-8(10(11)12)7-9-5-3-2-4-6-9;1-5-3-2-4-5;1-2-3-1;1-2/h8,10-12,14,19-20,25-26H,5-7,9,13H2,1-4H3,(H2,23,29);2-6,8H,7H2,1H3,(H,11,12);5H,2-4H2,1H3;1-3H2;1-2H2/t19-,20?;8-;;;/m10.../s1. The third-order valence-corrected chi connectivity index (χ3v) is 8.78. The third-order valence-electron chi connectivity index (χ3n) is 8.78. The van der Waals surface area contributed by atoms with Gasteiger partial charge in [0, 0.05) is 25.4 Å². The number of benzene rings is 2. The number of nitrogens with two attached hydrogens (primary N) is 1. The maximum Gasteiger partial charge on any atom is 0.306 e. The molecule has 1 heterocycles. The monoisotopic (exact) mass is 704 g/mol. The highest BCUT2D eigenvalue weighted by atomic mass is 16.4. The van der Waals surface area contributed by atoms with Crippen molar-refractivity contribution in [2.75, 3.05) is 0 Å². The highest BCUT2D eigenvalue weighted by Crippen LogP contribution is 2.24. The van der Waals surface area contributed by atoms with Crippen molar-refractivity contribution in [3.8, 4) is 0 Å². The van der Waals surface area contributed by atoms with Gasteiger partial charge in [-0.05, 0) is 74.6 Å². The van der Waals surface area contributed by atoms with E-state index in [9.17, 15) is 14.4 Å². The Morgan fingerprint density at radius 3 is 1.96 bits per heavy atom. The van der Waals surface area contributed by atoms with Gasteiger partial charge in [-0.25, -0.2) is 15.8 Å². The van der Waals surface area contributed by atoms with Gasteiger partial charge in [0.05, 0.1) is 18.3 Å². The second-order valence-electron chi connectivity index (χ2n) is 13.7. The zero-order valence-electron chi connectivity index (χ0n) is 32.1. The van der Waals surface area contributed by atoms with E-state index in [-0.39, 0.29) is 17.7 Å². The number of ketones is 1. The summed E-state index contributed by atoms with van der Waals surface area (Å²) in [5.74, 6) is -0.312. The lowest BCUT2D eigenvalue weighted by Crippen LogP contribution is -2.54. The van der Waals surface area contributed by atoms with Crippen molar-refractivity contribution >= 4 is 17.7 Å². The van der Waals surface area contributed by atoms with Crippen LogP contribution in [0, 0.1) is 32.6 Å². The number of nitrogens with zero attached hydrogens (tertiary/aromatic N) is 2. The number of hydrogen-bond acceptors (Lipinski definition) is 6. The molecular weight excluding hydrogens is 638 g/mol. The van der Waals surface area contributed by atoms with Gasteiger partial charge in [-0.15, -0.1) is 13.2 Å². The molecule has 9 nitrogen and oxygen atoms in total. The van der Waals surface area contributed by atoms with E-state index in [0.717, 1.165) is 41.1 Å². The number of hydrogen-bond donors (Lipinski definition) is 4. The molecule has 5 rings (SSSR count). The molecule has 51 heavy (non-hydrogen) atoms. The molecule has 0 radical (unpaired) electrons. The molecule has 2 saturated carbocycles. The number of imidazole rings is 1. The second kappa shape index (κ2) is 25.8. The molecule has 0 saturated heterocycles. The molecule has 2 fully saturated rings. The number of amides is 1. The largest absolute Gasteiger partial charge is 0.481 e. The SMILES string of the molecule is C1CC1.C=C.CC1CCC1.CCC(=O)[C@@H](CCCn1ccnc1)NNC(Cc1c(C)cc(C)cc1C)C(N)=O.C[C@@H](Cc1ccccc1)C(=O)O. The predicted octanol–water partition coefficient (Wildman–Crippen LogP) is 7.86. The molecule has 2 aliphatic carbocycles.